The van der Waals surface area contributed by atoms with Crippen LogP contribution in [-0.2, 0) is 0 Å². The van der Waals surface area contributed by atoms with Crippen molar-refractivity contribution in [1.29, 1.82) is 0 Å². The third-order valence-electron chi connectivity index (χ3n) is 3.96. The molecular formula is C18H15ClN4. The van der Waals surface area contributed by atoms with E-state index in [1.807, 2.05) is 22.9 Å². The van der Waals surface area contributed by atoms with Gasteiger partial charge in [-0.05, 0) is 36.3 Å². The fourth-order valence-corrected chi connectivity index (χ4v) is 2.96. The Morgan fingerprint density at radius 2 is 1.96 bits per heavy atom. The number of nitrogens with zero attached hydrogens (tertiary/aromatic N) is 3. The lowest BCUT2D eigenvalue weighted by molar-refractivity contribution is 0.612. The summed E-state index contributed by atoms with van der Waals surface area (Å²) in [7, 11) is 0. The molecule has 1 aromatic heterocycles. The standard InChI is InChI=1S/C18H15ClN4/c1-12-5-7-13(8-6-12)16-10-17(14-3-2-4-15(19)9-14)23-18(22-16)20-11-21-23/h2-11,17H,1H3,(H,20,21,22)/t17-/m0/s1. The zero-order valence-corrected chi connectivity index (χ0v) is 13.3. The van der Waals surface area contributed by atoms with Crippen LogP contribution in [0, 0.1) is 6.92 Å². The minimum atomic E-state index is -0.0382. The van der Waals surface area contributed by atoms with Gasteiger partial charge in [0, 0.05) is 10.7 Å². The molecule has 0 spiro atoms. The van der Waals surface area contributed by atoms with Crippen LogP contribution in [0.3, 0.4) is 0 Å². The monoisotopic (exact) mass is 322 g/mol. The van der Waals surface area contributed by atoms with Crippen molar-refractivity contribution in [2.24, 2.45) is 0 Å². The predicted molar refractivity (Wildman–Crippen MR) is 92.4 cm³/mol. The minimum Gasteiger partial charge on any atom is -0.324 e. The summed E-state index contributed by atoms with van der Waals surface area (Å²) in [4.78, 5) is 4.32. The molecule has 1 aliphatic heterocycles. The van der Waals surface area contributed by atoms with E-state index in [1.54, 1.807) is 6.33 Å². The number of aryl methyl sites for hydroxylation is 1. The number of aromatic nitrogens is 3. The van der Waals surface area contributed by atoms with E-state index in [9.17, 15) is 0 Å². The summed E-state index contributed by atoms with van der Waals surface area (Å²) >= 11 is 6.15. The van der Waals surface area contributed by atoms with Gasteiger partial charge in [0.15, 0.2) is 0 Å². The topological polar surface area (TPSA) is 42.7 Å². The Bertz CT molecular complexity index is 880. The maximum atomic E-state index is 6.15. The Kier molecular flexibility index (Phi) is 3.39. The molecule has 23 heavy (non-hydrogen) atoms. The first-order chi connectivity index (χ1) is 11.2. The second-order valence-electron chi connectivity index (χ2n) is 5.60. The number of allylic oxidation sites excluding steroid dienone is 1. The highest BCUT2D eigenvalue weighted by Gasteiger charge is 2.23. The van der Waals surface area contributed by atoms with E-state index in [0.29, 0.717) is 5.02 Å². The number of nitrogens with one attached hydrogen (secondary N) is 1. The second kappa shape index (κ2) is 5.56. The average Bonchev–Trinajstić information content (AvgIpc) is 3.03. The third-order valence-corrected chi connectivity index (χ3v) is 4.20. The lowest BCUT2D eigenvalue weighted by atomic mass is 10.0. The molecule has 0 radical (unpaired) electrons. The van der Waals surface area contributed by atoms with E-state index in [4.69, 9.17) is 11.6 Å². The van der Waals surface area contributed by atoms with Crippen LogP contribution in [-0.4, -0.2) is 14.8 Å². The van der Waals surface area contributed by atoms with Gasteiger partial charge in [-0.25, -0.2) is 4.68 Å². The molecule has 0 fully saturated rings. The van der Waals surface area contributed by atoms with Crippen LogP contribution in [0.5, 0.6) is 0 Å². The SMILES string of the molecule is Cc1ccc(C2=C[C@@H](c3cccc(Cl)c3)n3ncnc3N2)cc1. The fraction of sp³-hybridized carbons (Fsp3) is 0.111. The molecule has 0 saturated heterocycles. The molecule has 0 saturated carbocycles. The van der Waals surface area contributed by atoms with Crippen LogP contribution in [0.15, 0.2) is 60.9 Å². The van der Waals surface area contributed by atoms with Gasteiger partial charge in [-0.2, -0.15) is 10.1 Å². The maximum Gasteiger partial charge on any atom is 0.226 e. The normalized spacial score (nSPS) is 16.4. The summed E-state index contributed by atoms with van der Waals surface area (Å²) in [6.07, 6.45) is 3.71. The lowest BCUT2D eigenvalue weighted by Crippen LogP contribution is -2.20. The fourth-order valence-electron chi connectivity index (χ4n) is 2.76. The van der Waals surface area contributed by atoms with Gasteiger partial charge in [0.25, 0.3) is 0 Å². The predicted octanol–water partition coefficient (Wildman–Crippen LogP) is 4.30. The van der Waals surface area contributed by atoms with Crippen molar-refractivity contribution < 1.29 is 0 Å². The molecule has 1 N–H and O–H groups in total. The molecule has 114 valence electrons. The van der Waals surface area contributed by atoms with Crippen LogP contribution < -0.4 is 5.32 Å². The highest BCUT2D eigenvalue weighted by molar-refractivity contribution is 6.30. The molecule has 0 unspecified atom stereocenters. The smallest absolute Gasteiger partial charge is 0.226 e. The summed E-state index contributed by atoms with van der Waals surface area (Å²) in [6, 6.07) is 16.2. The average molecular weight is 323 g/mol. The van der Waals surface area contributed by atoms with E-state index in [0.717, 1.165) is 22.8 Å². The quantitative estimate of drug-likeness (QED) is 0.765. The Hall–Kier alpha value is -2.59. The summed E-state index contributed by atoms with van der Waals surface area (Å²) < 4.78 is 1.86. The first kappa shape index (κ1) is 14.0. The second-order valence-corrected chi connectivity index (χ2v) is 6.04. The van der Waals surface area contributed by atoms with Gasteiger partial charge < -0.3 is 5.32 Å². The van der Waals surface area contributed by atoms with Crippen molar-refractivity contribution in [2.75, 3.05) is 5.32 Å². The zero-order valence-electron chi connectivity index (χ0n) is 12.6. The number of hydrogen-bond donors (Lipinski definition) is 1. The van der Waals surface area contributed by atoms with Gasteiger partial charge in [0.2, 0.25) is 5.95 Å². The van der Waals surface area contributed by atoms with Gasteiger partial charge in [0.05, 0.1) is 0 Å². The van der Waals surface area contributed by atoms with Crippen molar-refractivity contribution >= 4 is 23.2 Å². The van der Waals surface area contributed by atoms with Gasteiger partial charge in [0.1, 0.15) is 12.4 Å². The van der Waals surface area contributed by atoms with E-state index in [-0.39, 0.29) is 6.04 Å². The first-order valence-electron chi connectivity index (χ1n) is 7.41. The zero-order chi connectivity index (χ0) is 15.8. The van der Waals surface area contributed by atoms with Crippen molar-refractivity contribution in [3.8, 4) is 0 Å². The number of benzene rings is 2. The van der Waals surface area contributed by atoms with Crippen molar-refractivity contribution in [3.05, 3.63) is 82.6 Å². The Balaban J connectivity index is 1.81. The largest absolute Gasteiger partial charge is 0.324 e. The number of rotatable bonds is 2. The Morgan fingerprint density at radius 3 is 2.74 bits per heavy atom. The van der Waals surface area contributed by atoms with Crippen molar-refractivity contribution in [1.82, 2.24) is 14.8 Å². The first-order valence-corrected chi connectivity index (χ1v) is 7.79. The highest BCUT2D eigenvalue weighted by Crippen LogP contribution is 2.32. The lowest BCUT2D eigenvalue weighted by Gasteiger charge is -2.24. The summed E-state index contributed by atoms with van der Waals surface area (Å²) in [5.41, 5.74) is 4.46. The van der Waals surface area contributed by atoms with Crippen molar-refractivity contribution in [2.45, 2.75) is 13.0 Å². The molecule has 1 aliphatic rings. The van der Waals surface area contributed by atoms with Gasteiger partial charge in [-0.1, -0.05) is 53.6 Å². The van der Waals surface area contributed by atoms with E-state index >= 15 is 0 Å². The summed E-state index contributed by atoms with van der Waals surface area (Å²) in [5.74, 6) is 0.730. The molecule has 0 aliphatic carbocycles. The molecule has 2 heterocycles. The number of hydrogen-bond acceptors (Lipinski definition) is 3. The summed E-state index contributed by atoms with van der Waals surface area (Å²) in [6.45, 7) is 2.08. The molecule has 4 nitrogen and oxygen atoms in total. The number of anilines is 1. The van der Waals surface area contributed by atoms with Crippen LogP contribution in [0.25, 0.3) is 5.70 Å². The van der Waals surface area contributed by atoms with Crippen LogP contribution in [0.4, 0.5) is 5.95 Å². The number of fused-ring (bicyclic) bond motifs is 1. The molecule has 4 rings (SSSR count). The molecule has 2 aromatic carbocycles. The molecule has 0 bridgehead atoms. The van der Waals surface area contributed by atoms with E-state index in [1.165, 1.54) is 5.56 Å². The van der Waals surface area contributed by atoms with Crippen molar-refractivity contribution in [3.63, 3.8) is 0 Å². The van der Waals surface area contributed by atoms with Gasteiger partial charge >= 0.3 is 0 Å². The minimum absolute atomic E-state index is 0.0382. The number of halogens is 1. The highest BCUT2D eigenvalue weighted by atomic mass is 35.5. The molecule has 5 heteroatoms. The van der Waals surface area contributed by atoms with Gasteiger partial charge in [-0.3, -0.25) is 0 Å². The third kappa shape index (κ3) is 2.62. The molecule has 0 amide bonds. The van der Waals surface area contributed by atoms with E-state index < -0.39 is 0 Å². The van der Waals surface area contributed by atoms with E-state index in [2.05, 4.69) is 58.7 Å². The van der Waals surface area contributed by atoms with Gasteiger partial charge in [-0.15, -0.1) is 0 Å². The Labute approximate surface area is 139 Å². The van der Waals surface area contributed by atoms with Crippen LogP contribution >= 0.6 is 11.6 Å². The Morgan fingerprint density at radius 1 is 1.13 bits per heavy atom. The molecule has 1 atom stereocenters. The van der Waals surface area contributed by atoms with Crippen LogP contribution in [0.2, 0.25) is 5.02 Å². The molecular weight excluding hydrogens is 308 g/mol. The van der Waals surface area contributed by atoms with Crippen LogP contribution in [0.1, 0.15) is 22.7 Å². The molecule has 3 aromatic rings. The summed E-state index contributed by atoms with van der Waals surface area (Å²) in [5, 5.41) is 8.40. The maximum absolute atomic E-state index is 6.15.